The monoisotopic (exact) mass is 491 g/mol. The van der Waals surface area contributed by atoms with Crippen LogP contribution in [0.4, 0.5) is 10.5 Å². The van der Waals surface area contributed by atoms with Gasteiger partial charge in [-0.3, -0.25) is 10.00 Å². The number of benzene rings is 2. The normalized spacial score (nSPS) is 15.3. The molecular weight excluding hydrogens is 469 g/mol. The predicted octanol–water partition coefficient (Wildman–Crippen LogP) is 5.28. The Balaban J connectivity index is 1.38. The molecule has 0 spiro atoms. The first-order valence-corrected chi connectivity index (χ1v) is 11.1. The summed E-state index contributed by atoms with van der Waals surface area (Å²) in [7, 11) is 1.61. The molecule has 1 atom stereocenters. The van der Waals surface area contributed by atoms with Crippen LogP contribution in [-0.4, -0.2) is 48.9 Å². The summed E-state index contributed by atoms with van der Waals surface area (Å²) < 4.78 is 24.0. The summed E-state index contributed by atoms with van der Waals surface area (Å²) >= 11 is 11.8. The maximum Gasteiger partial charge on any atom is 0.411 e. The molecule has 1 fully saturated rings. The molecule has 8 nitrogen and oxygen atoms in total. The highest BCUT2D eigenvalue weighted by atomic mass is 35.5. The second-order valence-corrected chi connectivity index (χ2v) is 8.11. The Labute approximate surface area is 201 Å². The largest absolute Gasteiger partial charge is 0.493 e. The number of halogens is 2. The van der Waals surface area contributed by atoms with Gasteiger partial charge in [-0.25, -0.2) is 4.79 Å². The Morgan fingerprint density at radius 3 is 2.82 bits per heavy atom. The van der Waals surface area contributed by atoms with Gasteiger partial charge in [0.05, 0.1) is 42.6 Å². The van der Waals surface area contributed by atoms with E-state index in [1.54, 1.807) is 36.2 Å². The van der Waals surface area contributed by atoms with Crippen molar-refractivity contribution < 1.29 is 23.7 Å². The molecule has 1 N–H and O–H groups in total. The van der Waals surface area contributed by atoms with Crippen LogP contribution in [0.25, 0.3) is 11.3 Å². The summed E-state index contributed by atoms with van der Waals surface area (Å²) in [6, 6.07) is 12.4. The molecule has 1 aromatic heterocycles. The molecule has 0 aliphatic carbocycles. The van der Waals surface area contributed by atoms with Gasteiger partial charge < -0.3 is 18.9 Å². The fourth-order valence-electron chi connectivity index (χ4n) is 3.42. The van der Waals surface area contributed by atoms with Crippen LogP contribution in [0.15, 0.2) is 48.7 Å². The molecular formula is C23H23Cl2N3O5. The SMILES string of the molecule is COc1ccc(-c2ccnn2CCOC(=O)Nc2ccc(Cl)c(Cl)c2)cc1O[C@@H]1CCOC1. The minimum Gasteiger partial charge on any atom is -0.493 e. The third kappa shape index (κ3) is 5.90. The molecule has 0 unspecified atom stereocenters. The number of carbonyl (C=O) groups excluding carboxylic acids is 1. The number of anilines is 1. The van der Waals surface area contributed by atoms with Crippen molar-refractivity contribution in [1.29, 1.82) is 0 Å². The Morgan fingerprint density at radius 2 is 2.06 bits per heavy atom. The lowest BCUT2D eigenvalue weighted by molar-refractivity contribution is 0.138. The molecule has 0 bridgehead atoms. The van der Waals surface area contributed by atoms with Crippen LogP contribution < -0.4 is 14.8 Å². The molecule has 1 aliphatic heterocycles. The van der Waals surface area contributed by atoms with Gasteiger partial charge in [0, 0.05) is 23.9 Å². The Kier molecular flexibility index (Phi) is 7.59. The van der Waals surface area contributed by atoms with E-state index in [4.69, 9.17) is 42.1 Å². The first kappa shape index (κ1) is 23.2. The van der Waals surface area contributed by atoms with E-state index in [9.17, 15) is 4.79 Å². The van der Waals surface area contributed by atoms with Crippen LogP contribution in [0.1, 0.15) is 6.42 Å². The molecule has 174 valence electrons. The first-order chi connectivity index (χ1) is 16.0. The summed E-state index contributed by atoms with van der Waals surface area (Å²) in [6.45, 7) is 1.75. The smallest absolute Gasteiger partial charge is 0.411 e. The van der Waals surface area contributed by atoms with Gasteiger partial charge >= 0.3 is 6.09 Å². The highest BCUT2D eigenvalue weighted by molar-refractivity contribution is 6.42. The first-order valence-electron chi connectivity index (χ1n) is 10.4. The van der Waals surface area contributed by atoms with Crippen LogP contribution in [-0.2, 0) is 16.0 Å². The maximum atomic E-state index is 12.1. The van der Waals surface area contributed by atoms with E-state index in [-0.39, 0.29) is 12.7 Å². The average molecular weight is 492 g/mol. The highest BCUT2D eigenvalue weighted by Crippen LogP contribution is 2.34. The number of hydrogen-bond donors (Lipinski definition) is 1. The fourth-order valence-corrected chi connectivity index (χ4v) is 3.72. The minimum absolute atomic E-state index is 0.00138. The molecule has 3 aromatic rings. The van der Waals surface area contributed by atoms with E-state index in [0.29, 0.717) is 47.0 Å². The number of aromatic nitrogens is 2. The lowest BCUT2D eigenvalue weighted by Crippen LogP contribution is -2.18. The number of methoxy groups -OCH3 is 1. The quantitative estimate of drug-likeness (QED) is 0.461. The Bertz CT molecular complexity index is 1120. The molecule has 2 aromatic carbocycles. The number of rotatable bonds is 8. The van der Waals surface area contributed by atoms with Crippen molar-refractivity contribution in [2.45, 2.75) is 19.1 Å². The standard InChI is InChI=1S/C23H23Cl2N3O5/c1-30-21-5-2-15(12-22(21)33-17-7-10-31-14-17)20-6-8-26-28(20)9-11-32-23(29)27-16-3-4-18(24)19(25)13-16/h2-6,8,12-13,17H,7,9-11,14H2,1H3,(H,27,29)/t17-/m1/s1. The summed E-state index contributed by atoms with van der Waals surface area (Å²) in [5.74, 6) is 1.30. The Morgan fingerprint density at radius 1 is 1.18 bits per heavy atom. The molecule has 1 aliphatic rings. The van der Waals surface area contributed by atoms with Crippen LogP contribution in [0, 0.1) is 0 Å². The zero-order valence-corrected chi connectivity index (χ0v) is 19.4. The van der Waals surface area contributed by atoms with Crippen molar-refractivity contribution in [2.24, 2.45) is 0 Å². The average Bonchev–Trinajstić information content (AvgIpc) is 3.48. The van der Waals surface area contributed by atoms with E-state index < -0.39 is 6.09 Å². The molecule has 10 heteroatoms. The third-order valence-corrected chi connectivity index (χ3v) is 5.80. The highest BCUT2D eigenvalue weighted by Gasteiger charge is 2.20. The molecule has 0 saturated carbocycles. The van der Waals surface area contributed by atoms with Gasteiger partial charge in [-0.1, -0.05) is 23.2 Å². The second-order valence-electron chi connectivity index (χ2n) is 7.30. The van der Waals surface area contributed by atoms with Crippen LogP contribution >= 0.6 is 23.2 Å². The minimum atomic E-state index is -0.596. The van der Waals surface area contributed by atoms with E-state index in [2.05, 4.69) is 10.4 Å². The lowest BCUT2D eigenvalue weighted by Gasteiger charge is -2.16. The van der Waals surface area contributed by atoms with Crippen LogP contribution in [0.2, 0.25) is 10.0 Å². The van der Waals surface area contributed by atoms with Crippen molar-refractivity contribution in [3.05, 3.63) is 58.7 Å². The van der Waals surface area contributed by atoms with Crippen molar-refractivity contribution in [3.8, 4) is 22.8 Å². The van der Waals surface area contributed by atoms with Gasteiger partial charge in [0.1, 0.15) is 12.7 Å². The fraction of sp³-hybridized carbons (Fsp3) is 0.304. The zero-order valence-electron chi connectivity index (χ0n) is 17.9. The Hall–Kier alpha value is -2.94. The van der Waals surface area contributed by atoms with Crippen LogP contribution in [0.3, 0.4) is 0 Å². The molecule has 1 saturated heterocycles. The van der Waals surface area contributed by atoms with E-state index >= 15 is 0 Å². The van der Waals surface area contributed by atoms with Gasteiger partial charge in [-0.2, -0.15) is 5.10 Å². The van der Waals surface area contributed by atoms with Gasteiger partial charge in [0.25, 0.3) is 0 Å². The molecule has 1 amide bonds. The zero-order chi connectivity index (χ0) is 23.2. The summed E-state index contributed by atoms with van der Waals surface area (Å²) in [4.78, 5) is 12.1. The number of nitrogens with zero attached hydrogens (tertiary/aromatic N) is 2. The van der Waals surface area contributed by atoms with Crippen molar-refractivity contribution in [1.82, 2.24) is 9.78 Å². The number of hydrogen-bond acceptors (Lipinski definition) is 6. The van der Waals surface area contributed by atoms with Crippen molar-refractivity contribution in [3.63, 3.8) is 0 Å². The number of amides is 1. The number of ether oxygens (including phenoxy) is 4. The summed E-state index contributed by atoms with van der Waals surface area (Å²) in [5.41, 5.74) is 2.26. The van der Waals surface area contributed by atoms with Gasteiger partial charge in [-0.05, 0) is 42.5 Å². The van der Waals surface area contributed by atoms with Crippen molar-refractivity contribution in [2.75, 3.05) is 32.2 Å². The van der Waals surface area contributed by atoms with E-state index in [0.717, 1.165) is 17.7 Å². The second kappa shape index (κ2) is 10.8. The molecule has 4 rings (SSSR count). The number of nitrogens with one attached hydrogen (secondary N) is 1. The van der Waals surface area contributed by atoms with Crippen LogP contribution in [0.5, 0.6) is 11.5 Å². The van der Waals surface area contributed by atoms with Gasteiger partial charge in [0.2, 0.25) is 0 Å². The van der Waals surface area contributed by atoms with E-state index in [1.807, 2.05) is 24.3 Å². The van der Waals surface area contributed by atoms with Gasteiger partial charge in [-0.15, -0.1) is 0 Å². The molecule has 0 radical (unpaired) electrons. The van der Waals surface area contributed by atoms with E-state index in [1.165, 1.54) is 0 Å². The predicted molar refractivity (Wildman–Crippen MR) is 125 cm³/mol. The number of carbonyl (C=O) groups is 1. The molecule has 2 heterocycles. The lowest BCUT2D eigenvalue weighted by atomic mass is 10.1. The summed E-state index contributed by atoms with van der Waals surface area (Å²) in [6.07, 6.45) is 1.94. The topological polar surface area (TPSA) is 83.8 Å². The van der Waals surface area contributed by atoms with Gasteiger partial charge in [0.15, 0.2) is 11.5 Å². The molecule has 33 heavy (non-hydrogen) atoms. The summed E-state index contributed by atoms with van der Waals surface area (Å²) in [5, 5.41) is 7.72. The maximum absolute atomic E-state index is 12.1. The third-order valence-electron chi connectivity index (χ3n) is 5.06. The van der Waals surface area contributed by atoms with Crippen molar-refractivity contribution >= 4 is 35.0 Å².